The van der Waals surface area contributed by atoms with Gasteiger partial charge in [-0.1, -0.05) is 58.4 Å². The molecule has 0 aromatic heterocycles. The molecule has 148 valence electrons. The van der Waals surface area contributed by atoms with E-state index in [0.29, 0.717) is 16.8 Å². The maximum Gasteiger partial charge on any atom is 0.269 e. The van der Waals surface area contributed by atoms with E-state index in [4.69, 9.17) is 0 Å². The smallest absolute Gasteiger partial charge is 0.269 e. The minimum Gasteiger partial charge on any atom is -0.276 e. The number of nitrogens with zero attached hydrogens (tertiary/aromatic N) is 2. The van der Waals surface area contributed by atoms with E-state index in [0.717, 1.165) is 21.3 Å². The number of nitro benzene ring substituents is 1. The molecule has 3 aromatic carbocycles. The van der Waals surface area contributed by atoms with Gasteiger partial charge in [-0.2, -0.15) is 0 Å². The minimum atomic E-state index is -0.435. The van der Waals surface area contributed by atoms with Crippen molar-refractivity contribution in [3.63, 3.8) is 0 Å². The Bertz CT molecular complexity index is 1200. The summed E-state index contributed by atoms with van der Waals surface area (Å²) < 4.78 is 0.964. The van der Waals surface area contributed by atoms with Crippen molar-refractivity contribution in [1.82, 2.24) is 0 Å². The summed E-state index contributed by atoms with van der Waals surface area (Å²) in [6, 6.07) is 21.9. The molecule has 0 atom stereocenters. The van der Waals surface area contributed by atoms with Gasteiger partial charge < -0.3 is 0 Å². The average molecular weight is 461 g/mol. The summed E-state index contributed by atoms with van der Waals surface area (Å²) >= 11 is 3.42. The summed E-state index contributed by atoms with van der Waals surface area (Å²) in [6.07, 6.45) is 3.71. The highest BCUT2D eigenvalue weighted by Crippen LogP contribution is 2.37. The van der Waals surface area contributed by atoms with Crippen LogP contribution in [0.5, 0.6) is 0 Å². The Kier molecular flexibility index (Phi) is 5.33. The van der Waals surface area contributed by atoms with Crippen LogP contribution < -0.4 is 4.90 Å². The van der Waals surface area contributed by atoms with Crippen LogP contribution in [0.4, 0.5) is 11.4 Å². The highest BCUT2D eigenvalue weighted by atomic mass is 79.9. The van der Waals surface area contributed by atoms with E-state index in [2.05, 4.69) is 15.9 Å². The highest BCUT2D eigenvalue weighted by Gasteiger charge is 2.31. The third-order valence-electron chi connectivity index (χ3n) is 4.88. The van der Waals surface area contributed by atoms with Gasteiger partial charge in [0.1, 0.15) is 0 Å². The molecule has 3 aromatic rings. The number of halogens is 1. The van der Waals surface area contributed by atoms with Gasteiger partial charge in [0.05, 0.1) is 16.3 Å². The van der Waals surface area contributed by atoms with Gasteiger partial charge in [0.2, 0.25) is 0 Å². The van der Waals surface area contributed by atoms with E-state index >= 15 is 0 Å². The summed E-state index contributed by atoms with van der Waals surface area (Å²) in [5.74, 6) is -0.172. The number of hydrogen-bond acceptors (Lipinski definition) is 3. The van der Waals surface area contributed by atoms with Gasteiger partial charge in [0.15, 0.2) is 0 Å². The lowest BCUT2D eigenvalue weighted by Crippen LogP contribution is -2.25. The third-order valence-corrected chi connectivity index (χ3v) is 5.41. The molecule has 0 spiro atoms. The van der Waals surface area contributed by atoms with Crippen molar-refractivity contribution in [3.05, 3.63) is 116 Å². The van der Waals surface area contributed by atoms with E-state index in [1.165, 1.54) is 12.1 Å². The molecule has 30 heavy (non-hydrogen) atoms. The van der Waals surface area contributed by atoms with Gasteiger partial charge in [0, 0.05) is 22.2 Å². The molecule has 1 aliphatic rings. The Balaban J connectivity index is 1.83. The van der Waals surface area contributed by atoms with Crippen LogP contribution in [-0.4, -0.2) is 10.8 Å². The van der Waals surface area contributed by atoms with Gasteiger partial charge in [0.25, 0.3) is 11.6 Å². The molecule has 0 radical (unpaired) electrons. The summed E-state index contributed by atoms with van der Waals surface area (Å²) in [5, 5.41) is 11.1. The van der Waals surface area contributed by atoms with Crippen LogP contribution in [0, 0.1) is 17.0 Å². The van der Waals surface area contributed by atoms with Crippen LogP contribution >= 0.6 is 15.9 Å². The van der Waals surface area contributed by atoms with Crippen molar-refractivity contribution in [1.29, 1.82) is 0 Å². The molecular weight excluding hydrogens is 444 g/mol. The Morgan fingerprint density at radius 3 is 2.33 bits per heavy atom. The molecule has 6 heteroatoms. The number of amides is 1. The molecule has 0 unspecified atom stereocenters. The topological polar surface area (TPSA) is 63.5 Å². The monoisotopic (exact) mass is 460 g/mol. The number of anilines is 1. The van der Waals surface area contributed by atoms with Crippen molar-refractivity contribution in [2.24, 2.45) is 0 Å². The molecule has 0 saturated heterocycles. The first-order valence-electron chi connectivity index (χ1n) is 9.28. The lowest BCUT2D eigenvalue weighted by atomic mass is 10.1. The number of hydrogen-bond donors (Lipinski definition) is 0. The fraction of sp³-hybridized carbons (Fsp3) is 0.0417. The fourth-order valence-corrected chi connectivity index (χ4v) is 3.68. The van der Waals surface area contributed by atoms with E-state index < -0.39 is 4.92 Å². The third kappa shape index (κ3) is 3.82. The second-order valence-corrected chi connectivity index (χ2v) is 7.83. The molecule has 1 aliphatic heterocycles. The molecule has 1 heterocycles. The van der Waals surface area contributed by atoms with Crippen molar-refractivity contribution in [2.45, 2.75) is 6.92 Å². The average Bonchev–Trinajstić information content (AvgIpc) is 3.06. The number of carbonyl (C=O) groups excluding carboxylic acids is 1. The van der Waals surface area contributed by atoms with Crippen LogP contribution in [0.1, 0.15) is 16.7 Å². The molecular formula is C24H17BrN2O3. The van der Waals surface area contributed by atoms with E-state index in [-0.39, 0.29) is 11.6 Å². The molecule has 0 bridgehead atoms. The Morgan fingerprint density at radius 1 is 1.00 bits per heavy atom. The molecule has 4 rings (SSSR count). The van der Waals surface area contributed by atoms with Crippen LogP contribution in [0.3, 0.4) is 0 Å². The second kappa shape index (κ2) is 8.08. The van der Waals surface area contributed by atoms with Crippen molar-refractivity contribution in [3.8, 4) is 0 Å². The number of non-ortho nitro benzene ring substituents is 1. The zero-order chi connectivity index (χ0) is 21.3. The summed E-state index contributed by atoms with van der Waals surface area (Å²) in [6.45, 7) is 1.77. The number of carbonyl (C=O) groups is 1. The molecule has 0 saturated carbocycles. The molecule has 0 fully saturated rings. The zero-order valence-corrected chi connectivity index (χ0v) is 17.7. The van der Waals surface area contributed by atoms with Gasteiger partial charge in [-0.05, 0) is 54.0 Å². The highest BCUT2D eigenvalue weighted by molar-refractivity contribution is 9.10. The Morgan fingerprint density at radius 2 is 1.70 bits per heavy atom. The van der Waals surface area contributed by atoms with Crippen LogP contribution in [0.25, 0.3) is 11.8 Å². The predicted molar refractivity (Wildman–Crippen MR) is 122 cm³/mol. The van der Waals surface area contributed by atoms with E-state index in [1.54, 1.807) is 17.9 Å². The van der Waals surface area contributed by atoms with Crippen molar-refractivity contribution in [2.75, 3.05) is 4.90 Å². The molecule has 1 amide bonds. The SMILES string of the molecule is Cc1cc([N+](=O)[O-])ccc1N1C(=O)C(=Cc2ccc(Br)cc2)C=C1c1ccccc1. The number of aryl methyl sites for hydroxylation is 1. The normalized spacial score (nSPS) is 14.9. The van der Waals surface area contributed by atoms with E-state index in [1.807, 2.05) is 66.7 Å². The van der Waals surface area contributed by atoms with Crippen LogP contribution in [-0.2, 0) is 4.79 Å². The maximum atomic E-state index is 13.4. The Labute approximate surface area is 182 Å². The predicted octanol–water partition coefficient (Wildman–Crippen LogP) is 6.14. The standard InChI is InChI=1S/C24H17BrN2O3/c1-16-13-21(27(29)30)11-12-22(16)26-23(18-5-3-2-4-6-18)15-19(24(26)28)14-17-7-9-20(25)10-8-17/h2-15H,1H3. The van der Waals surface area contributed by atoms with Gasteiger partial charge in [-0.25, -0.2) is 0 Å². The summed E-state index contributed by atoms with van der Waals surface area (Å²) in [5.41, 5.74) is 4.37. The zero-order valence-electron chi connectivity index (χ0n) is 16.1. The van der Waals surface area contributed by atoms with Crippen LogP contribution in [0.2, 0.25) is 0 Å². The molecule has 5 nitrogen and oxygen atoms in total. The molecule has 0 N–H and O–H groups in total. The van der Waals surface area contributed by atoms with Crippen molar-refractivity contribution >= 4 is 45.0 Å². The van der Waals surface area contributed by atoms with Gasteiger partial charge in [-0.3, -0.25) is 19.8 Å². The number of nitro groups is 1. The first-order valence-corrected chi connectivity index (χ1v) is 10.1. The van der Waals surface area contributed by atoms with Crippen LogP contribution in [0.15, 0.2) is 88.9 Å². The number of rotatable bonds is 4. The molecule has 0 aliphatic carbocycles. The van der Waals surface area contributed by atoms with E-state index in [9.17, 15) is 14.9 Å². The first kappa shape index (κ1) is 19.8. The number of benzene rings is 3. The fourth-order valence-electron chi connectivity index (χ4n) is 3.42. The van der Waals surface area contributed by atoms with Gasteiger partial charge in [-0.15, -0.1) is 0 Å². The summed E-state index contributed by atoms with van der Waals surface area (Å²) in [4.78, 5) is 25.7. The van der Waals surface area contributed by atoms with Gasteiger partial charge >= 0.3 is 0 Å². The second-order valence-electron chi connectivity index (χ2n) is 6.92. The first-order chi connectivity index (χ1) is 14.4. The Hall–Kier alpha value is -3.51. The maximum absolute atomic E-state index is 13.4. The lowest BCUT2D eigenvalue weighted by molar-refractivity contribution is -0.384. The minimum absolute atomic E-state index is 0.00114. The summed E-state index contributed by atoms with van der Waals surface area (Å²) in [7, 11) is 0. The van der Waals surface area contributed by atoms with Crippen molar-refractivity contribution < 1.29 is 9.72 Å². The largest absolute Gasteiger partial charge is 0.276 e. The lowest BCUT2D eigenvalue weighted by Gasteiger charge is -2.22. The quantitative estimate of drug-likeness (QED) is 0.267.